The van der Waals surface area contributed by atoms with Gasteiger partial charge in [0, 0.05) is 12.2 Å². The highest BCUT2D eigenvalue weighted by molar-refractivity contribution is 5.87. The van der Waals surface area contributed by atoms with E-state index in [9.17, 15) is 30.0 Å². The number of esters is 2. The van der Waals surface area contributed by atoms with Crippen molar-refractivity contribution in [3.8, 4) is 40.2 Å². The summed E-state index contributed by atoms with van der Waals surface area (Å²) >= 11 is 0. The van der Waals surface area contributed by atoms with Gasteiger partial charge in [-0.25, -0.2) is 9.59 Å². The maximum Gasteiger partial charge on any atom is 0.331 e. The first-order valence-electron chi connectivity index (χ1n) is 15.5. The molecule has 4 aromatic carbocycles. The molecule has 0 fully saturated rings. The summed E-state index contributed by atoms with van der Waals surface area (Å²) < 4.78 is 32.6. The van der Waals surface area contributed by atoms with Crippen LogP contribution in [-0.2, 0) is 19.1 Å². The lowest BCUT2D eigenvalue weighted by atomic mass is 10.0. The topological polar surface area (TPSA) is 170 Å². The van der Waals surface area contributed by atoms with Gasteiger partial charge >= 0.3 is 11.9 Å². The molecule has 12 nitrogen and oxygen atoms in total. The predicted molar refractivity (Wildman–Crippen MR) is 189 cm³/mol. The molecule has 0 radical (unpaired) electrons. The van der Waals surface area contributed by atoms with Crippen LogP contribution < -0.4 is 18.9 Å². The first kappa shape index (κ1) is 37.4. The fraction of sp³-hybridized carbons (Fsp3) is 0.179. The van der Waals surface area contributed by atoms with Gasteiger partial charge in [0.25, 0.3) is 0 Å². The zero-order valence-electron chi connectivity index (χ0n) is 28.1. The molecule has 0 aliphatic rings. The highest BCUT2D eigenvalue weighted by Gasteiger charge is 2.27. The van der Waals surface area contributed by atoms with Gasteiger partial charge in [0.2, 0.25) is 0 Å². The molecule has 2 atom stereocenters. The first-order chi connectivity index (χ1) is 24.6. The van der Waals surface area contributed by atoms with Crippen LogP contribution in [0.2, 0.25) is 0 Å². The minimum absolute atomic E-state index is 0.00375. The van der Waals surface area contributed by atoms with Gasteiger partial charge in [0.15, 0.2) is 40.6 Å². The van der Waals surface area contributed by atoms with Crippen molar-refractivity contribution in [2.75, 3.05) is 34.5 Å². The number of aliphatic hydroxyl groups is 1. The Kier molecular flexibility index (Phi) is 13.5. The fourth-order valence-corrected chi connectivity index (χ4v) is 4.62. The van der Waals surface area contributed by atoms with E-state index in [-0.39, 0.29) is 47.7 Å². The molecule has 0 spiro atoms. The normalized spacial score (nSPS) is 12.5. The molecule has 0 heterocycles. The van der Waals surface area contributed by atoms with Crippen molar-refractivity contribution in [3.05, 3.63) is 119 Å². The predicted octanol–water partition coefficient (Wildman–Crippen LogP) is 5.84. The lowest BCUT2D eigenvalue weighted by molar-refractivity contribution is -0.142. The van der Waals surface area contributed by atoms with Gasteiger partial charge in [-0.15, -0.1) is 0 Å². The van der Waals surface area contributed by atoms with Crippen molar-refractivity contribution >= 4 is 30.2 Å². The molecule has 0 aromatic heterocycles. The van der Waals surface area contributed by atoms with Gasteiger partial charge in [0.1, 0.15) is 25.1 Å². The summed E-state index contributed by atoms with van der Waals surface area (Å²) in [5.41, 5.74) is 2.32. The van der Waals surface area contributed by atoms with E-state index in [2.05, 4.69) is 0 Å². The molecule has 51 heavy (non-hydrogen) atoms. The molecule has 0 saturated heterocycles. The SMILES string of the molecule is COc1cc(/C=C/C(=O)OC[C@H](Oc2ccc(/C=C/COC(=O)/C=C/c3ccc(O)cc3)cc2OC)[C@H](O)c2ccc(O)c(OC)c2)ccc1O. The molecule has 4 aromatic rings. The number of carbonyl (C=O) groups excluding carboxylic acids is 2. The second kappa shape index (κ2) is 18.4. The van der Waals surface area contributed by atoms with Gasteiger partial charge in [0.05, 0.1) is 21.3 Å². The molecule has 0 bridgehead atoms. The van der Waals surface area contributed by atoms with E-state index in [1.165, 1.54) is 76.0 Å². The highest BCUT2D eigenvalue weighted by atomic mass is 16.6. The summed E-state index contributed by atoms with van der Waals surface area (Å²) in [6, 6.07) is 20.2. The van der Waals surface area contributed by atoms with Crippen LogP contribution in [0.4, 0.5) is 0 Å². The second-order valence-electron chi connectivity index (χ2n) is 10.8. The Morgan fingerprint density at radius 1 is 0.627 bits per heavy atom. The number of hydrogen-bond donors (Lipinski definition) is 4. The molecule has 0 unspecified atom stereocenters. The zero-order valence-corrected chi connectivity index (χ0v) is 28.1. The number of ether oxygens (including phenoxy) is 6. The average Bonchev–Trinajstić information content (AvgIpc) is 3.14. The van der Waals surface area contributed by atoms with Crippen molar-refractivity contribution in [2.45, 2.75) is 12.2 Å². The van der Waals surface area contributed by atoms with Gasteiger partial charge in [-0.1, -0.05) is 36.4 Å². The van der Waals surface area contributed by atoms with Crippen LogP contribution >= 0.6 is 0 Å². The van der Waals surface area contributed by atoms with E-state index >= 15 is 0 Å². The standard InChI is InChI=1S/C39H38O12/c1-46-33-21-27(8-15-30(33)41)11-19-38(44)50-24-36(39(45)28-12-16-31(42)34(23-28)47-2)51-32-17-9-26(22-35(32)48-3)5-4-20-49-37(43)18-10-25-6-13-29(40)14-7-25/h4-19,21-23,36,39-42,45H,20,24H2,1-3H3/b5-4+,18-10+,19-11+/t36-,39+/m0/s1. The van der Waals surface area contributed by atoms with Gasteiger partial charge in [-0.2, -0.15) is 0 Å². The molecule has 12 heteroatoms. The molecular weight excluding hydrogens is 660 g/mol. The number of benzene rings is 4. The second-order valence-corrected chi connectivity index (χ2v) is 10.8. The average molecular weight is 699 g/mol. The number of hydrogen-bond acceptors (Lipinski definition) is 12. The van der Waals surface area contributed by atoms with Gasteiger partial charge in [-0.3, -0.25) is 0 Å². The van der Waals surface area contributed by atoms with E-state index in [1.54, 1.807) is 60.7 Å². The number of phenolic OH excluding ortho intramolecular Hbond substituents is 3. The number of phenols is 3. The van der Waals surface area contributed by atoms with Crippen LogP contribution in [0.15, 0.2) is 97.1 Å². The van der Waals surface area contributed by atoms with Crippen LogP contribution in [0.5, 0.6) is 40.2 Å². The van der Waals surface area contributed by atoms with Crippen LogP contribution in [0.25, 0.3) is 18.2 Å². The Labute approximate surface area is 294 Å². The van der Waals surface area contributed by atoms with Crippen molar-refractivity contribution in [1.29, 1.82) is 0 Å². The summed E-state index contributed by atoms with van der Waals surface area (Å²) in [5, 5.41) is 40.6. The van der Waals surface area contributed by atoms with Crippen molar-refractivity contribution in [2.24, 2.45) is 0 Å². The number of methoxy groups -OCH3 is 3. The summed E-state index contributed by atoms with van der Waals surface area (Å²) in [7, 11) is 4.22. The van der Waals surface area contributed by atoms with Crippen molar-refractivity contribution < 1.29 is 58.4 Å². The molecule has 4 rings (SSSR count). The largest absolute Gasteiger partial charge is 0.508 e. The van der Waals surface area contributed by atoms with E-state index in [4.69, 9.17) is 28.4 Å². The van der Waals surface area contributed by atoms with Crippen LogP contribution in [0, 0.1) is 0 Å². The highest BCUT2D eigenvalue weighted by Crippen LogP contribution is 2.34. The smallest absolute Gasteiger partial charge is 0.331 e. The molecule has 4 N–H and O–H groups in total. The minimum Gasteiger partial charge on any atom is -0.508 e. The van der Waals surface area contributed by atoms with E-state index in [1.807, 2.05) is 0 Å². The van der Waals surface area contributed by atoms with Crippen LogP contribution in [0.3, 0.4) is 0 Å². The molecule has 0 aliphatic heterocycles. The Balaban J connectivity index is 1.45. The zero-order chi connectivity index (χ0) is 36.8. The third-order valence-electron chi connectivity index (χ3n) is 7.31. The number of carbonyl (C=O) groups is 2. The lowest BCUT2D eigenvalue weighted by Crippen LogP contribution is -2.31. The summed E-state index contributed by atoms with van der Waals surface area (Å²) in [6.07, 6.45) is 6.40. The van der Waals surface area contributed by atoms with Crippen LogP contribution in [0.1, 0.15) is 28.4 Å². The van der Waals surface area contributed by atoms with E-state index in [0.717, 1.165) is 5.56 Å². The third-order valence-corrected chi connectivity index (χ3v) is 7.31. The van der Waals surface area contributed by atoms with E-state index < -0.39 is 24.1 Å². The van der Waals surface area contributed by atoms with E-state index in [0.29, 0.717) is 22.4 Å². The number of aliphatic hydroxyl groups excluding tert-OH is 1. The molecule has 0 amide bonds. The Morgan fingerprint density at radius 3 is 1.86 bits per heavy atom. The Hall–Kier alpha value is -6.40. The number of rotatable bonds is 16. The third kappa shape index (κ3) is 11.1. The van der Waals surface area contributed by atoms with Crippen LogP contribution in [-0.4, -0.2) is 73.0 Å². The summed E-state index contributed by atoms with van der Waals surface area (Å²) in [4.78, 5) is 24.8. The minimum atomic E-state index is -1.35. The van der Waals surface area contributed by atoms with Crippen molar-refractivity contribution in [3.63, 3.8) is 0 Å². The van der Waals surface area contributed by atoms with Gasteiger partial charge in [-0.05, 0) is 89.0 Å². The number of aromatic hydroxyl groups is 3. The first-order valence-corrected chi connectivity index (χ1v) is 15.5. The Bertz CT molecular complexity index is 1880. The lowest BCUT2D eigenvalue weighted by Gasteiger charge is -2.25. The summed E-state index contributed by atoms with van der Waals surface area (Å²) in [6.45, 7) is -0.381. The molecule has 266 valence electrons. The molecule has 0 saturated carbocycles. The van der Waals surface area contributed by atoms with Gasteiger partial charge < -0.3 is 48.8 Å². The fourth-order valence-electron chi connectivity index (χ4n) is 4.62. The Morgan fingerprint density at radius 2 is 1.18 bits per heavy atom. The quantitative estimate of drug-likeness (QED) is 0.0816. The monoisotopic (exact) mass is 698 g/mol. The maximum atomic E-state index is 12.7. The molecule has 0 aliphatic carbocycles. The van der Waals surface area contributed by atoms with Crippen molar-refractivity contribution in [1.82, 2.24) is 0 Å². The molecular formula is C39H38O12. The maximum absolute atomic E-state index is 12.7. The summed E-state index contributed by atoms with van der Waals surface area (Å²) in [5.74, 6) is -0.409.